The summed E-state index contributed by atoms with van der Waals surface area (Å²) in [6.45, 7) is 11.4. The zero-order chi connectivity index (χ0) is 15.6. The molecule has 0 aliphatic heterocycles. The van der Waals surface area contributed by atoms with Crippen LogP contribution in [0.5, 0.6) is 0 Å². The van der Waals surface area contributed by atoms with E-state index in [0.29, 0.717) is 5.92 Å². The van der Waals surface area contributed by atoms with Crippen molar-refractivity contribution in [2.24, 2.45) is 5.73 Å². The lowest BCUT2D eigenvalue weighted by atomic mass is 9.83. The van der Waals surface area contributed by atoms with E-state index >= 15 is 0 Å². The van der Waals surface area contributed by atoms with E-state index < -0.39 is 0 Å². The quantitative estimate of drug-likeness (QED) is 0.927. The molecule has 1 aromatic rings. The van der Waals surface area contributed by atoms with Crippen LogP contribution in [0.2, 0.25) is 0 Å². The second kappa shape index (κ2) is 6.44. The zero-order valence-electron chi connectivity index (χ0n) is 14.1. The number of hydrogen-bond acceptors (Lipinski definition) is 4. The van der Waals surface area contributed by atoms with Crippen LogP contribution in [0.3, 0.4) is 0 Å². The zero-order valence-corrected chi connectivity index (χ0v) is 14.1. The molecule has 2 rings (SSSR count). The van der Waals surface area contributed by atoms with Crippen molar-refractivity contribution in [1.82, 2.24) is 14.8 Å². The van der Waals surface area contributed by atoms with Gasteiger partial charge in [-0.05, 0) is 53.4 Å². The molecule has 1 aromatic heterocycles. The molecule has 5 nitrogen and oxygen atoms in total. The molecule has 3 atom stereocenters. The van der Waals surface area contributed by atoms with Crippen LogP contribution in [0, 0.1) is 6.92 Å². The Morgan fingerprint density at radius 1 is 1.33 bits per heavy atom. The summed E-state index contributed by atoms with van der Waals surface area (Å²) in [4.78, 5) is 4.68. The summed E-state index contributed by atoms with van der Waals surface area (Å²) in [5, 5.41) is 4.58. The summed E-state index contributed by atoms with van der Waals surface area (Å²) in [6, 6.07) is 0.0979. The normalized spacial score (nSPS) is 27.0. The lowest BCUT2D eigenvalue weighted by molar-refractivity contribution is 0.0104. The molecule has 1 aliphatic carbocycles. The predicted octanol–water partition coefficient (Wildman–Crippen LogP) is 2.73. The summed E-state index contributed by atoms with van der Waals surface area (Å²) < 4.78 is 7.94. The second-order valence-electron chi connectivity index (χ2n) is 7.18. The Morgan fingerprint density at radius 3 is 2.62 bits per heavy atom. The lowest BCUT2D eigenvalue weighted by Gasteiger charge is -2.34. The Hall–Kier alpha value is -0.940. The van der Waals surface area contributed by atoms with E-state index in [2.05, 4.69) is 42.5 Å². The molecule has 0 radical (unpaired) electrons. The molecule has 0 amide bonds. The van der Waals surface area contributed by atoms with E-state index in [9.17, 15) is 0 Å². The molecule has 0 unspecified atom stereocenters. The van der Waals surface area contributed by atoms with Crippen molar-refractivity contribution in [2.45, 2.75) is 83.9 Å². The number of nitrogens with two attached hydrogens (primary N) is 1. The number of hydrogen-bond donors (Lipinski definition) is 1. The number of aromatic nitrogens is 3. The molecule has 0 spiro atoms. The van der Waals surface area contributed by atoms with Gasteiger partial charge < -0.3 is 10.5 Å². The van der Waals surface area contributed by atoms with Crippen molar-refractivity contribution < 1.29 is 4.74 Å². The first kappa shape index (κ1) is 16.4. The fraction of sp³-hybridized carbons (Fsp3) is 0.875. The van der Waals surface area contributed by atoms with Crippen molar-refractivity contribution >= 4 is 0 Å². The fourth-order valence-corrected chi connectivity index (χ4v) is 3.08. The first-order valence-corrected chi connectivity index (χ1v) is 8.14. The number of nitrogens with zero attached hydrogens (tertiary/aromatic N) is 3. The van der Waals surface area contributed by atoms with Gasteiger partial charge >= 0.3 is 0 Å². The van der Waals surface area contributed by atoms with Crippen molar-refractivity contribution in [3.8, 4) is 0 Å². The Labute approximate surface area is 128 Å². The van der Waals surface area contributed by atoms with Gasteiger partial charge in [-0.25, -0.2) is 9.67 Å². The van der Waals surface area contributed by atoms with E-state index in [0.717, 1.165) is 43.9 Å². The molecule has 1 saturated carbocycles. The third kappa shape index (κ3) is 3.83. The highest BCUT2D eigenvalue weighted by atomic mass is 16.5. The third-order valence-corrected chi connectivity index (χ3v) is 4.11. The molecule has 1 fully saturated rings. The average Bonchev–Trinajstić information content (AvgIpc) is 2.79. The standard InChI is InChI=1S/C16H30N4O/c1-6-9-21-14-8-7-12(10-13(14)17)15-18-11(2)19-20(15)16(3,4)5/h12-14H,6-10,17H2,1-5H3/t12-,13+,14+/m0/s1. The average molecular weight is 294 g/mol. The maximum atomic E-state index is 6.33. The van der Waals surface area contributed by atoms with Crippen LogP contribution < -0.4 is 5.73 Å². The minimum Gasteiger partial charge on any atom is -0.377 e. The summed E-state index contributed by atoms with van der Waals surface area (Å²) in [7, 11) is 0. The molecule has 5 heteroatoms. The van der Waals surface area contributed by atoms with Crippen LogP contribution >= 0.6 is 0 Å². The molecule has 0 bridgehead atoms. The van der Waals surface area contributed by atoms with Gasteiger partial charge in [0, 0.05) is 18.6 Å². The minimum absolute atomic E-state index is 0.0454. The van der Waals surface area contributed by atoms with Crippen LogP contribution in [-0.4, -0.2) is 33.5 Å². The molecule has 0 aromatic carbocycles. The molecule has 2 N–H and O–H groups in total. The highest BCUT2D eigenvalue weighted by molar-refractivity contribution is 5.06. The van der Waals surface area contributed by atoms with Crippen molar-refractivity contribution in [3.05, 3.63) is 11.6 Å². The molecule has 1 aliphatic rings. The fourth-order valence-electron chi connectivity index (χ4n) is 3.08. The van der Waals surface area contributed by atoms with E-state index in [4.69, 9.17) is 10.5 Å². The molecule has 21 heavy (non-hydrogen) atoms. The van der Waals surface area contributed by atoms with Gasteiger partial charge in [-0.3, -0.25) is 0 Å². The maximum Gasteiger partial charge on any atom is 0.147 e. The van der Waals surface area contributed by atoms with Gasteiger partial charge in [0.15, 0.2) is 0 Å². The topological polar surface area (TPSA) is 66.0 Å². The van der Waals surface area contributed by atoms with Gasteiger partial charge in [0.25, 0.3) is 0 Å². The lowest BCUT2D eigenvalue weighted by Crippen LogP contribution is -2.42. The van der Waals surface area contributed by atoms with Gasteiger partial charge in [-0.2, -0.15) is 5.10 Å². The van der Waals surface area contributed by atoms with Crippen LogP contribution in [0.1, 0.15) is 70.9 Å². The van der Waals surface area contributed by atoms with Crippen molar-refractivity contribution in [3.63, 3.8) is 0 Å². The van der Waals surface area contributed by atoms with E-state index in [1.807, 2.05) is 6.92 Å². The summed E-state index contributed by atoms with van der Waals surface area (Å²) >= 11 is 0. The van der Waals surface area contributed by atoms with Gasteiger partial charge in [0.2, 0.25) is 0 Å². The summed E-state index contributed by atoms with van der Waals surface area (Å²) in [5.41, 5.74) is 6.29. The molecule has 0 saturated heterocycles. The molecule has 120 valence electrons. The predicted molar refractivity (Wildman–Crippen MR) is 84.4 cm³/mol. The molecular weight excluding hydrogens is 264 g/mol. The minimum atomic E-state index is -0.0454. The van der Waals surface area contributed by atoms with Crippen LogP contribution in [0.15, 0.2) is 0 Å². The summed E-state index contributed by atoms with van der Waals surface area (Å²) in [6.07, 6.45) is 4.28. The highest BCUT2D eigenvalue weighted by Crippen LogP contribution is 2.34. The Morgan fingerprint density at radius 2 is 2.05 bits per heavy atom. The summed E-state index contributed by atoms with van der Waals surface area (Å²) in [5.74, 6) is 2.32. The smallest absolute Gasteiger partial charge is 0.147 e. The highest BCUT2D eigenvalue weighted by Gasteiger charge is 2.33. The Kier molecular flexibility index (Phi) is 5.04. The maximum absolute atomic E-state index is 6.33. The van der Waals surface area contributed by atoms with Gasteiger partial charge in [-0.1, -0.05) is 6.92 Å². The van der Waals surface area contributed by atoms with Crippen molar-refractivity contribution in [1.29, 1.82) is 0 Å². The van der Waals surface area contributed by atoms with E-state index in [1.54, 1.807) is 0 Å². The number of ether oxygens (including phenoxy) is 1. The third-order valence-electron chi connectivity index (χ3n) is 4.11. The van der Waals surface area contributed by atoms with Gasteiger partial charge in [0.05, 0.1) is 11.6 Å². The van der Waals surface area contributed by atoms with Gasteiger partial charge in [-0.15, -0.1) is 0 Å². The second-order valence-corrected chi connectivity index (χ2v) is 7.18. The number of rotatable bonds is 4. The Bertz CT molecular complexity index is 463. The monoisotopic (exact) mass is 294 g/mol. The van der Waals surface area contributed by atoms with Crippen molar-refractivity contribution in [2.75, 3.05) is 6.61 Å². The molecule has 1 heterocycles. The first-order valence-electron chi connectivity index (χ1n) is 8.14. The Balaban J connectivity index is 2.11. The largest absolute Gasteiger partial charge is 0.377 e. The SMILES string of the molecule is CCCO[C@@H]1CC[C@H](c2nc(C)nn2C(C)(C)C)C[C@H]1N. The van der Waals surface area contributed by atoms with Gasteiger partial charge in [0.1, 0.15) is 11.6 Å². The van der Waals surface area contributed by atoms with E-state index in [-0.39, 0.29) is 17.7 Å². The van der Waals surface area contributed by atoms with Crippen LogP contribution in [-0.2, 0) is 10.3 Å². The van der Waals surface area contributed by atoms with Crippen LogP contribution in [0.25, 0.3) is 0 Å². The van der Waals surface area contributed by atoms with E-state index in [1.165, 1.54) is 0 Å². The number of aryl methyl sites for hydroxylation is 1. The molecular formula is C16H30N4O. The first-order chi connectivity index (χ1) is 9.82. The van der Waals surface area contributed by atoms with Crippen LogP contribution in [0.4, 0.5) is 0 Å².